The first-order valence-corrected chi connectivity index (χ1v) is 13.6. The minimum absolute atomic E-state index is 0.0808. The van der Waals surface area contributed by atoms with Crippen LogP contribution < -0.4 is 5.32 Å². The maximum Gasteiger partial charge on any atom is 0.325 e. The lowest BCUT2D eigenvalue weighted by molar-refractivity contribution is -0.141. The number of carbonyl (C=O) groups excluding carboxylic acids is 3. The molecule has 4 amide bonds. The van der Waals surface area contributed by atoms with E-state index in [0.29, 0.717) is 39.0 Å². The van der Waals surface area contributed by atoms with Crippen molar-refractivity contribution in [1.29, 1.82) is 0 Å². The molecule has 2 aliphatic heterocycles. The largest absolute Gasteiger partial charge is 0.339 e. The molecule has 7 nitrogen and oxygen atoms in total. The van der Waals surface area contributed by atoms with Crippen LogP contribution in [0.3, 0.4) is 0 Å². The molecular formula is C30H36F2N4O3. The molecule has 1 saturated carbocycles. The van der Waals surface area contributed by atoms with Gasteiger partial charge in [-0.05, 0) is 66.0 Å². The van der Waals surface area contributed by atoms with Crippen LogP contribution in [0.5, 0.6) is 0 Å². The highest BCUT2D eigenvalue weighted by molar-refractivity contribution is 6.09. The summed E-state index contributed by atoms with van der Waals surface area (Å²) in [7, 11) is 0. The van der Waals surface area contributed by atoms with Crippen molar-refractivity contribution < 1.29 is 23.2 Å². The van der Waals surface area contributed by atoms with Gasteiger partial charge in [0.25, 0.3) is 5.91 Å². The summed E-state index contributed by atoms with van der Waals surface area (Å²) >= 11 is 0. The molecule has 2 atom stereocenters. The minimum atomic E-state index is -0.936. The summed E-state index contributed by atoms with van der Waals surface area (Å²) in [6, 6.07) is 11.8. The second-order valence-corrected chi connectivity index (χ2v) is 12.2. The standard InChI is InChI=1S/C30H36F2N4O3/c1-20-16-29(2,3)19-30(17-20)27(38)36(28(39)33-30)18-25(37)34-12-14-35(15-13-34)26(21-4-8-23(31)9-5-21)22-6-10-24(32)11-7-22/h4-11,20,26H,12-19H2,1-3H3,(H,33,39)/t20-,30-/m0/s1. The van der Waals surface area contributed by atoms with Gasteiger partial charge in [0.15, 0.2) is 0 Å². The Hall–Kier alpha value is -3.33. The SMILES string of the molecule is C[C@H]1CC(C)(C)C[C@]2(C1)NC(=O)N(CC(=O)N1CCN(C(c3ccc(F)cc3)c3ccc(F)cc3)CC1)C2=O. The number of nitrogens with zero attached hydrogens (tertiary/aromatic N) is 3. The van der Waals surface area contributed by atoms with Gasteiger partial charge >= 0.3 is 6.03 Å². The monoisotopic (exact) mass is 538 g/mol. The van der Waals surface area contributed by atoms with E-state index in [1.807, 2.05) is 0 Å². The Bertz CT molecular complexity index is 1200. The lowest BCUT2D eigenvalue weighted by Gasteiger charge is -2.44. The van der Waals surface area contributed by atoms with Gasteiger partial charge in [0.05, 0.1) is 6.04 Å². The minimum Gasteiger partial charge on any atom is -0.339 e. The predicted molar refractivity (Wildman–Crippen MR) is 143 cm³/mol. The fourth-order valence-electron chi connectivity index (χ4n) is 7.02. The molecule has 2 saturated heterocycles. The van der Waals surface area contributed by atoms with E-state index in [0.717, 1.165) is 22.4 Å². The second kappa shape index (κ2) is 10.3. The summed E-state index contributed by atoms with van der Waals surface area (Å²) < 4.78 is 27.2. The van der Waals surface area contributed by atoms with E-state index in [9.17, 15) is 23.2 Å². The molecule has 0 radical (unpaired) electrons. The highest BCUT2D eigenvalue weighted by atomic mass is 19.1. The van der Waals surface area contributed by atoms with Gasteiger partial charge < -0.3 is 10.2 Å². The van der Waals surface area contributed by atoms with Crippen LogP contribution in [0.25, 0.3) is 0 Å². The van der Waals surface area contributed by atoms with Crippen LogP contribution in [-0.4, -0.2) is 70.8 Å². The smallest absolute Gasteiger partial charge is 0.325 e. The first-order chi connectivity index (χ1) is 18.5. The molecule has 1 aliphatic carbocycles. The normalized spacial score (nSPS) is 25.4. The number of hydrogen-bond donors (Lipinski definition) is 1. The van der Waals surface area contributed by atoms with Crippen LogP contribution in [0.1, 0.15) is 57.2 Å². The van der Waals surface area contributed by atoms with Crippen LogP contribution in [0.4, 0.5) is 13.6 Å². The highest BCUT2D eigenvalue weighted by Gasteiger charge is 2.56. The van der Waals surface area contributed by atoms with Crippen LogP contribution >= 0.6 is 0 Å². The number of urea groups is 1. The van der Waals surface area contributed by atoms with Crippen molar-refractivity contribution in [2.24, 2.45) is 11.3 Å². The molecule has 0 bridgehead atoms. The van der Waals surface area contributed by atoms with Gasteiger partial charge in [-0.2, -0.15) is 0 Å². The van der Waals surface area contributed by atoms with Crippen molar-refractivity contribution in [1.82, 2.24) is 20.0 Å². The Labute approximate surface area is 228 Å². The molecule has 5 rings (SSSR count). The molecule has 3 aliphatic rings. The number of imide groups is 1. The zero-order valence-electron chi connectivity index (χ0n) is 22.8. The third-order valence-corrected chi connectivity index (χ3v) is 8.32. The Kier molecular flexibility index (Phi) is 7.22. The van der Waals surface area contributed by atoms with Crippen molar-refractivity contribution >= 4 is 17.8 Å². The van der Waals surface area contributed by atoms with Crippen LogP contribution in [0, 0.1) is 23.0 Å². The van der Waals surface area contributed by atoms with Gasteiger partial charge in [-0.3, -0.25) is 19.4 Å². The summed E-state index contributed by atoms with van der Waals surface area (Å²) in [5.74, 6) is -0.941. The molecule has 1 N–H and O–H groups in total. The van der Waals surface area contributed by atoms with E-state index < -0.39 is 11.6 Å². The van der Waals surface area contributed by atoms with Crippen molar-refractivity contribution in [2.75, 3.05) is 32.7 Å². The van der Waals surface area contributed by atoms with Gasteiger partial charge in [-0.1, -0.05) is 45.0 Å². The fourth-order valence-corrected chi connectivity index (χ4v) is 7.02. The van der Waals surface area contributed by atoms with Crippen molar-refractivity contribution in [3.05, 3.63) is 71.3 Å². The zero-order valence-corrected chi connectivity index (χ0v) is 22.8. The third kappa shape index (κ3) is 5.55. The maximum absolute atomic E-state index is 13.6. The number of halogens is 2. The molecule has 3 fully saturated rings. The quantitative estimate of drug-likeness (QED) is 0.575. The molecule has 2 aromatic rings. The fraction of sp³-hybridized carbons (Fsp3) is 0.500. The van der Waals surface area contributed by atoms with Gasteiger partial charge in [-0.15, -0.1) is 0 Å². The molecule has 39 heavy (non-hydrogen) atoms. The summed E-state index contributed by atoms with van der Waals surface area (Å²) in [4.78, 5) is 44.5. The van der Waals surface area contributed by atoms with Crippen LogP contribution in [-0.2, 0) is 9.59 Å². The summed E-state index contributed by atoms with van der Waals surface area (Å²) in [6.45, 7) is 7.93. The average Bonchev–Trinajstić information content (AvgIpc) is 3.08. The topological polar surface area (TPSA) is 73.0 Å². The number of piperazine rings is 1. The average molecular weight is 539 g/mol. The summed E-state index contributed by atoms with van der Waals surface area (Å²) in [5.41, 5.74) is 0.728. The number of amides is 4. The van der Waals surface area contributed by atoms with E-state index in [4.69, 9.17) is 0 Å². The van der Waals surface area contributed by atoms with E-state index in [1.165, 1.54) is 24.3 Å². The van der Waals surface area contributed by atoms with Gasteiger partial charge in [-0.25, -0.2) is 13.6 Å². The number of benzene rings is 2. The molecule has 2 heterocycles. The van der Waals surface area contributed by atoms with Crippen molar-refractivity contribution in [2.45, 2.75) is 51.6 Å². The molecular weight excluding hydrogens is 502 g/mol. The Morgan fingerprint density at radius 3 is 1.97 bits per heavy atom. The van der Waals surface area contributed by atoms with Crippen molar-refractivity contribution in [3.63, 3.8) is 0 Å². The van der Waals surface area contributed by atoms with Gasteiger partial charge in [0, 0.05) is 26.2 Å². The maximum atomic E-state index is 13.6. The van der Waals surface area contributed by atoms with Crippen molar-refractivity contribution in [3.8, 4) is 0 Å². The highest BCUT2D eigenvalue weighted by Crippen LogP contribution is 2.46. The molecule has 2 aromatic carbocycles. The third-order valence-electron chi connectivity index (χ3n) is 8.32. The Morgan fingerprint density at radius 1 is 0.923 bits per heavy atom. The van der Waals surface area contributed by atoms with E-state index in [-0.39, 0.29) is 47.4 Å². The first-order valence-electron chi connectivity index (χ1n) is 13.6. The van der Waals surface area contributed by atoms with E-state index in [2.05, 4.69) is 31.0 Å². The summed E-state index contributed by atoms with van der Waals surface area (Å²) in [5, 5.41) is 2.93. The molecule has 0 aromatic heterocycles. The van der Waals surface area contributed by atoms with Gasteiger partial charge in [0.2, 0.25) is 5.91 Å². The molecule has 0 unspecified atom stereocenters. The van der Waals surface area contributed by atoms with E-state index >= 15 is 0 Å². The molecule has 1 spiro atoms. The Morgan fingerprint density at radius 2 is 1.46 bits per heavy atom. The van der Waals surface area contributed by atoms with Gasteiger partial charge in [0.1, 0.15) is 23.7 Å². The Balaban J connectivity index is 1.26. The predicted octanol–water partition coefficient (Wildman–Crippen LogP) is 4.34. The lowest BCUT2D eigenvalue weighted by Crippen LogP contribution is -2.55. The molecule has 9 heteroatoms. The molecule has 208 valence electrons. The van der Waals surface area contributed by atoms with Crippen LogP contribution in [0.2, 0.25) is 0 Å². The number of carbonyl (C=O) groups is 3. The second-order valence-electron chi connectivity index (χ2n) is 12.2. The number of rotatable bonds is 5. The lowest BCUT2D eigenvalue weighted by atomic mass is 9.64. The number of nitrogens with one attached hydrogen (secondary N) is 1. The summed E-state index contributed by atoms with van der Waals surface area (Å²) in [6.07, 6.45) is 2.13. The van der Waals surface area contributed by atoms with E-state index in [1.54, 1.807) is 29.2 Å². The first kappa shape index (κ1) is 27.2. The zero-order chi connectivity index (χ0) is 27.9. The van der Waals surface area contributed by atoms with Crippen LogP contribution in [0.15, 0.2) is 48.5 Å². The number of hydrogen-bond acceptors (Lipinski definition) is 4.